The molecule has 0 spiro atoms. The van der Waals surface area contributed by atoms with Gasteiger partial charge >= 0.3 is 0 Å². The van der Waals surface area contributed by atoms with E-state index in [0.29, 0.717) is 17.3 Å². The number of likely N-dealkylation sites (N-methyl/N-ethyl adjacent to an activating group) is 1. The maximum Gasteiger partial charge on any atom is 0.238 e. The molecule has 1 aromatic carbocycles. The van der Waals surface area contributed by atoms with E-state index in [2.05, 4.69) is 17.2 Å². The first-order chi connectivity index (χ1) is 9.95. The van der Waals surface area contributed by atoms with Gasteiger partial charge in [-0.2, -0.15) is 0 Å². The van der Waals surface area contributed by atoms with Crippen molar-refractivity contribution in [1.29, 1.82) is 0 Å². The van der Waals surface area contributed by atoms with Crippen LogP contribution in [0.2, 0.25) is 5.02 Å². The summed E-state index contributed by atoms with van der Waals surface area (Å²) in [5, 5.41) is 5.89. The summed E-state index contributed by atoms with van der Waals surface area (Å²) in [4.78, 5) is 25.4. The summed E-state index contributed by atoms with van der Waals surface area (Å²) in [7, 11) is 1.71. The van der Waals surface area contributed by atoms with Crippen molar-refractivity contribution < 1.29 is 9.59 Å². The number of rotatable bonds is 7. The Balaban J connectivity index is 2.52. The summed E-state index contributed by atoms with van der Waals surface area (Å²) in [6.07, 6.45) is 1.61. The predicted molar refractivity (Wildman–Crippen MR) is 85.4 cm³/mol. The van der Waals surface area contributed by atoms with Gasteiger partial charge in [0.15, 0.2) is 0 Å². The van der Waals surface area contributed by atoms with Crippen molar-refractivity contribution in [3.05, 3.63) is 41.9 Å². The van der Waals surface area contributed by atoms with Crippen LogP contribution in [0, 0.1) is 0 Å². The number of nitrogens with zero attached hydrogens (tertiary/aromatic N) is 1. The molecule has 1 rings (SSSR count). The molecule has 114 valence electrons. The van der Waals surface area contributed by atoms with Crippen LogP contribution in [-0.2, 0) is 9.59 Å². The zero-order valence-electron chi connectivity index (χ0n) is 12.2. The van der Waals surface area contributed by atoms with Crippen LogP contribution in [0.3, 0.4) is 0 Å². The molecule has 1 aromatic rings. The van der Waals surface area contributed by atoms with Crippen LogP contribution in [0.5, 0.6) is 0 Å². The van der Waals surface area contributed by atoms with Crippen molar-refractivity contribution in [3.63, 3.8) is 0 Å². The van der Waals surface area contributed by atoms with Crippen LogP contribution < -0.4 is 10.6 Å². The Morgan fingerprint density at radius 1 is 1.43 bits per heavy atom. The SMILES string of the molecule is C=CCNC(=O)C(C)N(C)CC(=O)Nc1ccccc1Cl. The number of halogens is 1. The summed E-state index contributed by atoms with van der Waals surface area (Å²) in [5.74, 6) is -0.378. The van der Waals surface area contributed by atoms with E-state index in [-0.39, 0.29) is 18.4 Å². The minimum atomic E-state index is -0.415. The summed E-state index contributed by atoms with van der Waals surface area (Å²) in [6, 6.07) is 6.58. The summed E-state index contributed by atoms with van der Waals surface area (Å²) in [5.41, 5.74) is 0.557. The number of hydrogen-bond acceptors (Lipinski definition) is 3. The molecule has 21 heavy (non-hydrogen) atoms. The summed E-state index contributed by atoms with van der Waals surface area (Å²) < 4.78 is 0. The van der Waals surface area contributed by atoms with E-state index in [1.165, 1.54) is 0 Å². The van der Waals surface area contributed by atoms with Crippen LogP contribution in [0.4, 0.5) is 5.69 Å². The molecule has 2 N–H and O–H groups in total. The molecular weight excluding hydrogens is 290 g/mol. The molecule has 0 saturated heterocycles. The van der Waals surface area contributed by atoms with Crippen LogP contribution in [0.1, 0.15) is 6.92 Å². The lowest BCUT2D eigenvalue weighted by Crippen LogP contribution is -2.46. The smallest absolute Gasteiger partial charge is 0.238 e. The van der Waals surface area contributed by atoms with E-state index in [0.717, 1.165) is 0 Å². The fraction of sp³-hybridized carbons (Fsp3) is 0.333. The minimum absolute atomic E-state index is 0.0912. The largest absolute Gasteiger partial charge is 0.351 e. The highest BCUT2D eigenvalue weighted by molar-refractivity contribution is 6.33. The van der Waals surface area contributed by atoms with Crippen LogP contribution in [0.25, 0.3) is 0 Å². The Hall–Kier alpha value is -1.85. The first kappa shape index (κ1) is 17.2. The maximum absolute atomic E-state index is 12.0. The first-order valence-corrected chi connectivity index (χ1v) is 6.96. The van der Waals surface area contributed by atoms with E-state index in [1.54, 1.807) is 49.2 Å². The molecule has 0 heterocycles. The molecule has 0 bridgehead atoms. The van der Waals surface area contributed by atoms with E-state index in [1.807, 2.05) is 0 Å². The number of amides is 2. The Kier molecular flexibility index (Phi) is 6.91. The van der Waals surface area contributed by atoms with Gasteiger partial charge in [0.1, 0.15) is 0 Å². The fourth-order valence-electron chi connectivity index (χ4n) is 1.64. The normalized spacial score (nSPS) is 11.8. The number of hydrogen-bond donors (Lipinski definition) is 2. The van der Waals surface area contributed by atoms with Gasteiger partial charge in [-0.05, 0) is 26.1 Å². The average molecular weight is 310 g/mol. The quantitative estimate of drug-likeness (QED) is 0.756. The van der Waals surface area contributed by atoms with E-state index >= 15 is 0 Å². The van der Waals surface area contributed by atoms with Gasteiger partial charge in [0.05, 0.1) is 23.3 Å². The number of nitrogens with one attached hydrogen (secondary N) is 2. The molecular formula is C15H20ClN3O2. The van der Waals surface area contributed by atoms with Crippen molar-refractivity contribution in [2.24, 2.45) is 0 Å². The van der Waals surface area contributed by atoms with Crippen LogP contribution in [-0.4, -0.2) is 42.9 Å². The van der Waals surface area contributed by atoms with E-state index in [9.17, 15) is 9.59 Å². The van der Waals surface area contributed by atoms with Gasteiger partial charge in [0, 0.05) is 6.54 Å². The van der Waals surface area contributed by atoms with Crippen LogP contribution in [0.15, 0.2) is 36.9 Å². The third-order valence-electron chi connectivity index (χ3n) is 3.00. The average Bonchev–Trinajstić information content (AvgIpc) is 2.46. The van der Waals surface area contributed by atoms with Crippen molar-refractivity contribution in [3.8, 4) is 0 Å². The predicted octanol–water partition coefficient (Wildman–Crippen LogP) is 1.90. The molecule has 2 amide bonds. The third-order valence-corrected chi connectivity index (χ3v) is 3.33. The van der Waals surface area contributed by atoms with Crippen molar-refractivity contribution in [2.45, 2.75) is 13.0 Å². The summed E-state index contributed by atoms with van der Waals surface area (Å²) >= 11 is 5.97. The second kappa shape index (κ2) is 8.44. The molecule has 0 aliphatic rings. The molecule has 0 fully saturated rings. The maximum atomic E-state index is 12.0. The molecule has 0 aliphatic heterocycles. The molecule has 5 nitrogen and oxygen atoms in total. The van der Waals surface area contributed by atoms with Crippen molar-refractivity contribution in [2.75, 3.05) is 25.5 Å². The zero-order chi connectivity index (χ0) is 15.8. The second-order valence-corrected chi connectivity index (χ2v) is 5.06. The molecule has 6 heteroatoms. The molecule has 1 atom stereocenters. The molecule has 0 aromatic heterocycles. The number of para-hydroxylation sites is 1. The Labute approximate surface area is 130 Å². The van der Waals surface area contributed by atoms with Gasteiger partial charge in [-0.3, -0.25) is 14.5 Å². The first-order valence-electron chi connectivity index (χ1n) is 6.59. The Morgan fingerprint density at radius 2 is 2.10 bits per heavy atom. The molecule has 1 unspecified atom stereocenters. The van der Waals surface area contributed by atoms with Gasteiger partial charge in [0.25, 0.3) is 0 Å². The van der Waals surface area contributed by atoms with Gasteiger partial charge < -0.3 is 10.6 Å². The van der Waals surface area contributed by atoms with Gasteiger partial charge in [0.2, 0.25) is 11.8 Å². The molecule has 0 radical (unpaired) electrons. The van der Waals surface area contributed by atoms with E-state index in [4.69, 9.17) is 11.6 Å². The van der Waals surface area contributed by atoms with E-state index < -0.39 is 6.04 Å². The monoisotopic (exact) mass is 309 g/mol. The highest BCUT2D eigenvalue weighted by Gasteiger charge is 2.19. The standard InChI is InChI=1S/C15H20ClN3O2/c1-4-9-17-15(21)11(2)19(3)10-14(20)18-13-8-6-5-7-12(13)16/h4-8,11H,1,9-10H2,2-3H3,(H,17,21)(H,18,20). The molecule has 0 aliphatic carbocycles. The third kappa shape index (κ3) is 5.57. The number of carbonyl (C=O) groups excluding carboxylic acids is 2. The fourth-order valence-corrected chi connectivity index (χ4v) is 1.82. The Morgan fingerprint density at radius 3 is 2.71 bits per heavy atom. The lowest BCUT2D eigenvalue weighted by atomic mass is 10.2. The number of carbonyl (C=O) groups is 2. The number of benzene rings is 1. The number of anilines is 1. The minimum Gasteiger partial charge on any atom is -0.351 e. The van der Waals surface area contributed by atoms with Gasteiger partial charge in [-0.15, -0.1) is 6.58 Å². The lowest BCUT2D eigenvalue weighted by molar-refractivity contribution is -0.126. The van der Waals surface area contributed by atoms with Gasteiger partial charge in [-0.1, -0.05) is 29.8 Å². The molecule has 0 saturated carbocycles. The highest BCUT2D eigenvalue weighted by Crippen LogP contribution is 2.20. The summed E-state index contributed by atoms with van der Waals surface area (Å²) in [6.45, 7) is 5.77. The van der Waals surface area contributed by atoms with Gasteiger partial charge in [-0.25, -0.2) is 0 Å². The second-order valence-electron chi connectivity index (χ2n) is 4.65. The van der Waals surface area contributed by atoms with Crippen molar-refractivity contribution in [1.82, 2.24) is 10.2 Å². The Bertz CT molecular complexity index is 519. The topological polar surface area (TPSA) is 61.4 Å². The zero-order valence-corrected chi connectivity index (χ0v) is 13.0. The van der Waals surface area contributed by atoms with Crippen molar-refractivity contribution >= 4 is 29.1 Å². The highest BCUT2D eigenvalue weighted by atomic mass is 35.5. The van der Waals surface area contributed by atoms with Crippen LogP contribution >= 0.6 is 11.6 Å². The lowest BCUT2D eigenvalue weighted by Gasteiger charge is -2.23.